The Hall–Kier alpha value is -1.46. The molecule has 0 bridgehead atoms. The van der Waals surface area contributed by atoms with E-state index in [1.54, 1.807) is 18.6 Å². The molecule has 0 atom stereocenters. The van der Waals surface area contributed by atoms with Crippen molar-refractivity contribution in [3.8, 4) is 0 Å². The molecule has 0 saturated heterocycles. The molecule has 78 valence electrons. The molecule has 0 aliphatic carbocycles. The number of hydroxylamine groups is 2. The van der Waals surface area contributed by atoms with Gasteiger partial charge in [0.2, 0.25) is 0 Å². The highest BCUT2D eigenvalue weighted by molar-refractivity contribution is 7.17. The summed E-state index contributed by atoms with van der Waals surface area (Å²) in [6.45, 7) is 0. The molecule has 0 radical (unpaired) electrons. The van der Waals surface area contributed by atoms with Crippen molar-refractivity contribution in [3.05, 3.63) is 29.3 Å². The van der Waals surface area contributed by atoms with E-state index >= 15 is 0 Å². The van der Waals surface area contributed by atoms with Gasteiger partial charge in [0.1, 0.15) is 0 Å². The van der Waals surface area contributed by atoms with E-state index in [0.29, 0.717) is 5.56 Å². The summed E-state index contributed by atoms with van der Waals surface area (Å²) >= 11 is 1.46. The summed E-state index contributed by atoms with van der Waals surface area (Å²) in [6, 6.07) is 5.48. The standard InChI is InChI=1S/C10H10N2O2S/c1-12(14-2)10(13)7-4-3-5-8-9(7)15-6-11-8/h3-6H,1-2H3. The molecular weight excluding hydrogens is 212 g/mol. The highest BCUT2D eigenvalue weighted by Gasteiger charge is 2.15. The first-order valence-electron chi connectivity index (χ1n) is 4.38. The molecule has 4 nitrogen and oxygen atoms in total. The van der Waals surface area contributed by atoms with Crippen LogP contribution in [0.25, 0.3) is 10.2 Å². The summed E-state index contributed by atoms with van der Waals surface area (Å²) in [6.07, 6.45) is 0. The van der Waals surface area contributed by atoms with Crippen molar-refractivity contribution >= 4 is 27.5 Å². The van der Waals surface area contributed by atoms with Gasteiger partial charge in [-0.1, -0.05) is 6.07 Å². The van der Waals surface area contributed by atoms with Crippen LogP contribution >= 0.6 is 11.3 Å². The van der Waals surface area contributed by atoms with Crippen LogP contribution in [0.1, 0.15) is 10.4 Å². The highest BCUT2D eigenvalue weighted by Crippen LogP contribution is 2.23. The SMILES string of the molecule is CON(C)C(=O)c1cccc2ncsc12. The first kappa shape index (κ1) is 10.1. The Labute approximate surface area is 91.1 Å². The average Bonchev–Trinajstić information content (AvgIpc) is 2.74. The number of hydrogen-bond acceptors (Lipinski definition) is 4. The molecule has 0 aliphatic rings. The molecule has 2 aromatic rings. The lowest BCUT2D eigenvalue weighted by atomic mass is 10.2. The number of hydrogen-bond donors (Lipinski definition) is 0. The number of rotatable bonds is 2. The van der Waals surface area contributed by atoms with Crippen molar-refractivity contribution in [2.45, 2.75) is 0 Å². The van der Waals surface area contributed by atoms with E-state index in [-0.39, 0.29) is 5.91 Å². The molecule has 0 saturated carbocycles. The minimum atomic E-state index is -0.160. The topological polar surface area (TPSA) is 42.4 Å². The Morgan fingerprint density at radius 1 is 1.53 bits per heavy atom. The van der Waals surface area contributed by atoms with Gasteiger partial charge >= 0.3 is 0 Å². The lowest BCUT2D eigenvalue weighted by Crippen LogP contribution is -2.25. The Balaban J connectivity index is 2.51. The van der Waals surface area contributed by atoms with Crippen LogP contribution in [0.3, 0.4) is 0 Å². The Bertz CT molecular complexity index is 495. The van der Waals surface area contributed by atoms with Gasteiger partial charge < -0.3 is 0 Å². The van der Waals surface area contributed by atoms with Gasteiger partial charge in [0, 0.05) is 7.05 Å². The number of thiazole rings is 1. The molecule has 1 amide bonds. The summed E-state index contributed by atoms with van der Waals surface area (Å²) < 4.78 is 0.895. The van der Waals surface area contributed by atoms with E-state index in [0.717, 1.165) is 10.2 Å². The van der Waals surface area contributed by atoms with E-state index in [1.165, 1.54) is 23.5 Å². The van der Waals surface area contributed by atoms with Crippen molar-refractivity contribution in [2.24, 2.45) is 0 Å². The average molecular weight is 222 g/mol. The minimum Gasteiger partial charge on any atom is -0.274 e. The van der Waals surface area contributed by atoms with Crippen LogP contribution < -0.4 is 0 Å². The Morgan fingerprint density at radius 3 is 3.07 bits per heavy atom. The van der Waals surface area contributed by atoms with Crippen LogP contribution in [0.2, 0.25) is 0 Å². The van der Waals surface area contributed by atoms with E-state index in [4.69, 9.17) is 4.84 Å². The number of benzene rings is 1. The maximum atomic E-state index is 11.9. The second-order valence-electron chi connectivity index (χ2n) is 2.99. The molecular formula is C10H10N2O2S. The first-order valence-corrected chi connectivity index (χ1v) is 5.26. The third-order valence-electron chi connectivity index (χ3n) is 2.15. The monoisotopic (exact) mass is 222 g/mol. The second kappa shape index (κ2) is 3.96. The third-order valence-corrected chi connectivity index (χ3v) is 3.02. The number of carbonyl (C=O) groups is 1. The summed E-state index contributed by atoms with van der Waals surface area (Å²) in [5.41, 5.74) is 3.20. The third kappa shape index (κ3) is 1.71. The van der Waals surface area contributed by atoms with Crippen molar-refractivity contribution in [2.75, 3.05) is 14.2 Å². The van der Waals surface area contributed by atoms with Crippen molar-refractivity contribution in [1.29, 1.82) is 0 Å². The number of fused-ring (bicyclic) bond motifs is 1. The van der Waals surface area contributed by atoms with Crippen LogP contribution in [0.4, 0.5) is 0 Å². The van der Waals surface area contributed by atoms with Crippen molar-refractivity contribution < 1.29 is 9.63 Å². The van der Waals surface area contributed by atoms with Gasteiger partial charge in [0.15, 0.2) is 0 Å². The largest absolute Gasteiger partial charge is 0.278 e. The summed E-state index contributed by atoms with van der Waals surface area (Å²) in [4.78, 5) is 20.9. The predicted molar refractivity (Wildman–Crippen MR) is 58.7 cm³/mol. The first-order chi connectivity index (χ1) is 7.24. The molecule has 0 fully saturated rings. The fourth-order valence-electron chi connectivity index (χ4n) is 1.31. The van der Waals surface area contributed by atoms with Gasteiger partial charge in [0.25, 0.3) is 5.91 Å². The zero-order valence-electron chi connectivity index (χ0n) is 8.43. The molecule has 1 heterocycles. The van der Waals surface area contributed by atoms with Crippen LogP contribution in [0, 0.1) is 0 Å². The normalized spacial score (nSPS) is 10.5. The van der Waals surface area contributed by atoms with E-state index in [2.05, 4.69) is 4.98 Å². The maximum absolute atomic E-state index is 11.9. The zero-order valence-corrected chi connectivity index (χ0v) is 9.25. The fourth-order valence-corrected chi connectivity index (χ4v) is 2.10. The Kier molecular flexibility index (Phi) is 2.66. The van der Waals surface area contributed by atoms with Gasteiger partial charge in [-0.05, 0) is 12.1 Å². The van der Waals surface area contributed by atoms with Crippen molar-refractivity contribution in [3.63, 3.8) is 0 Å². The molecule has 0 spiro atoms. The van der Waals surface area contributed by atoms with Gasteiger partial charge in [0.05, 0.1) is 28.4 Å². The summed E-state index contributed by atoms with van der Waals surface area (Å²) in [5.74, 6) is -0.160. The molecule has 5 heteroatoms. The number of amides is 1. The molecule has 0 unspecified atom stereocenters. The van der Waals surface area contributed by atoms with Crippen LogP contribution in [-0.4, -0.2) is 30.1 Å². The maximum Gasteiger partial charge on any atom is 0.278 e. The van der Waals surface area contributed by atoms with Crippen molar-refractivity contribution in [1.82, 2.24) is 10.0 Å². The van der Waals surface area contributed by atoms with E-state index in [9.17, 15) is 4.79 Å². The second-order valence-corrected chi connectivity index (χ2v) is 3.85. The zero-order chi connectivity index (χ0) is 10.8. The number of carbonyl (C=O) groups excluding carboxylic acids is 1. The van der Waals surface area contributed by atoms with E-state index < -0.39 is 0 Å². The van der Waals surface area contributed by atoms with Crippen LogP contribution in [0.15, 0.2) is 23.7 Å². The predicted octanol–water partition coefficient (Wildman–Crippen LogP) is 1.93. The smallest absolute Gasteiger partial charge is 0.274 e. The highest BCUT2D eigenvalue weighted by atomic mass is 32.1. The number of nitrogens with zero attached hydrogens (tertiary/aromatic N) is 2. The van der Waals surface area contributed by atoms with Gasteiger partial charge in [-0.3, -0.25) is 9.63 Å². The summed E-state index contributed by atoms with van der Waals surface area (Å²) in [5, 5.41) is 1.20. The molecule has 0 aliphatic heterocycles. The molecule has 15 heavy (non-hydrogen) atoms. The minimum absolute atomic E-state index is 0.160. The fraction of sp³-hybridized carbons (Fsp3) is 0.200. The van der Waals surface area contributed by atoms with Gasteiger partial charge in [-0.25, -0.2) is 10.0 Å². The molecule has 0 N–H and O–H groups in total. The van der Waals surface area contributed by atoms with E-state index in [1.807, 2.05) is 12.1 Å². The van der Waals surface area contributed by atoms with Gasteiger partial charge in [-0.2, -0.15) is 0 Å². The lowest BCUT2D eigenvalue weighted by molar-refractivity contribution is -0.0755. The summed E-state index contributed by atoms with van der Waals surface area (Å²) in [7, 11) is 3.05. The van der Waals surface area contributed by atoms with Crippen LogP contribution in [-0.2, 0) is 4.84 Å². The van der Waals surface area contributed by atoms with Gasteiger partial charge in [-0.15, -0.1) is 11.3 Å². The number of aromatic nitrogens is 1. The van der Waals surface area contributed by atoms with Crippen LogP contribution in [0.5, 0.6) is 0 Å². The lowest BCUT2D eigenvalue weighted by Gasteiger charge is -2.13. The molecule has 1 aromatic carbocycles. The Morgan fingerprint density at radius 2 is 2.33 bits per heavy atom. The molecule has 2 rings (SSSR count). The quantitative estimate of drug-likeness (QED) is 0.729. The molecule has 1 aromatic heterocycles.